The summed E-state index contributed by atoms with van der Waals surface area (Å²) in [5, 5.41) is 5.08. The van der Waals surface area contributed by atoms with Crippen LogP contribution >= 0.6 is 11.3 Å². The van der Waals surface area contributed by atoms with Gasteiger partial charge in [-0.2, -0.15) is 0 Å². The molecule has 1 unspecified atom stereocenters. The van der Waals surface area contributed by atoms with Crippen molar-refractivity contribution in [2.24, 2.45) is 0 Å². The third kappa shape index (κ3) is 2.79. The number of aryl methyl sites for hydroxylation is 3. The van der Waals surface area contributed by atoms with E-state index in [1.807, 2.05) is 31.7 Å². The lowest BCUT2D eigenvalue weighted by Crippen LogP contribution is -2.38. The number of nitrogens with zero attached hydrogens (tertiary/aromatic N) is 3. The first kappa shape index (κ1) is 15.2. The Morgan fingerprint density at radius 1 is 1.45 bits per heavy atom. The molecular weight excluding hydrogens is 298 g/mol. The van der Waals surface area contributed by atoms with E-state index in [2.05, 4.69) is 10.1 Å². The van der Waals surface area contributed by atoms with E-state index < -0.39 is 0 Å². The van der Waals surface area contributed by atoms with Crippen molar-refractivity contribution < 1.29 is 9.32 Å². The molecule has 1 aliphatic heterocycles. The van der Waals surface area contributed by atoms with Crippen molar-refractivity contribution >= 4 is 17.2 Å². The van der Waals surface area contributed by atoms with Crippen molar-refractivity contribution in [3.63, 3.8) is 0 Å². The maximum Gasteiger partial charge on any atom is 0.266 e. The highest BCUT2D eigenvalue weighted by molar-refractivity contribution is 7.13. The number of piperidine rings is 1. The van der Waals surface area contributed by atoms with Gasteiger partial charge in [-0.25, -0.2) is 4.98 Å². The lowest BCUT2D eigenvalue weighted by Gasteiger charge is -2.34. The van der Waals surface area contributed by atoms with E-state index in [0.29, 0.717) is 0 Å². The summed E-state index contributed by atoms with van der Waals surface area (Å²) in [4.78, 5) is 20.2. The first-order valence-electron chi connectivity index (χ1n) is 7.80. The molecule has 1 aliphatic rings. The van der Waals surface area contributed by atoms with Gasteiger partial charge < -0.3 is 9.42 Å². The first-order valence-corrected chi connectivity index (χ1v) is 8.62. The van der Waals surface area contributed by atoms with Crippen LogP contribution in [-0.2, 0) is 6.42 Å². The molecule has 0 bridgehead atoms. The predicted octanol–water partition coefficient (Wildman–Crippen LogP) is 3.68. The number of aromatic nitrogens is 2. The number of hydrogen-bond donors (Lipinski definition) is 0. The molecule has 1 fully saturated rings. The van der Waals surface area contributed by atoms with Crippen molar-refractivity contribution in [3.8, 4) is 0 Å². The molecule has 2 aromatic heterocycles. The fourth-order valence-electron chi connectivity index (χ4n) is 3.03. The second-order valence-corrected chi connectivity index (χ2v) is 6.94. The van der Waals surface area contributed by atoms with Gasteiger partial charge in [0.1, 0.15) is 16.3 Å². The second kappa shape index (κ2) is 6.20. The van der Waals surface area contributed by atoms with Crippen LogP contribution in [0.5, 0.6) is 0 Å². The van der Waals surface area contributed by atoms with Crippen molar-refractivity contribution in [2.45, 2.75) is 52.5 Å². The number of amides is 1. The van der Waals surface area contributed by atoms with Gasteiger partial charge in [-0.1, -0.05) is 12.1 Å². The minimum absolute atomic E-state index is 0.0193. The van der Waals surface area contributed by atoms with Crippen molar-refractivity contribution in [3.05, 3.63) is 33.1 Å². The Hall–Kier alpha value is -1.69. The average molecular weight is 319 g/mol. The first-order chi connectivity index (χ1) is 10.6. The lowest BCUT2D eigenvalue weighted by molar-refractivity contribution is 0.0605. The van der Waals surface area contributed by atoms with Crippen LogP contribution in [0.15, 0.2) is 10.6 Å². The van der Waals surface area contributed by atoms with E-state index >= 15 is 0 Å². The molecule has 1 amide bonds. The predicted molar refractivity (Wildman–Crippen MR) is 85.1 cm³/mol. The molecule has 0 aliphatic carbocycles. The molecule has 0 saturated carbocycles. The molecule has 1 atom stereocenters. The quantitative estimate of drug-likeness (QED) is 0.866. The van der Waals surface area contributed by atoms with Crippen LogP contribution in [0.2, 0.25) is 0 Å². The molecule has 3 heterocycles. The summed E-state index contributed by atoms with van der Waals surface area (Å²) in [6, 6.07) is 1.96. The summed E-state index contributed by atoms with van der Waals surface area (Å²) >= 11 is 1.50. The number of thiazole rings is 1. The van der Waals surface area contributed by atoms with E-state index in [1.165, 1.54) is 11.3 Å². The van der Waals surface area contributed by atoms with Gasteiger partial charge in [0, 0.05) is 12.6 Å². The van der Waals surface area contributed by atoms with E-state index in [1.54, 1.807) is 0 Å². The van der Waals surface area contributed by atoms with Crippen molar-refractivity contribution in [1.82, 2.24) is 15.0 Å². The Bertz CT molecular complexity index is 677. The van der Waals surface area contributed by atoms with Gasteiger partial charge in [-0.3, -0.25) is 4.79 Å². The zero-order chi connectivity index (χ0) is 15.7. The molecule has 0 spiro atoms. The molecule has 0 N–H and O–H groups in total. The van der Waals surface area contributed by atoms with Gasteiger partial charge in [0.25, 0.3) is 5.91 Å². The fraction of sp³-hybridized carbons (Fsp3) is 0.562. The maximum absolute atomic E-state index is 13.0. The highest BCUT2D eigenvalue weighted by atomic mass is 32.1. The number of hydrogen-bond acceptors (Lipinski definition) is 5. The SMILES string of the molecule is CCc1nc(C)sc1C(=O)N1CCCCC1c1cc(C)on1. The maximum atomic E-state index is 13.0. The lowest BCUT2D eigenvalue weighted by atomic mass is 9.98. The van der Waals surface area contributed by atoms with Crippen LogP contribution in [-0.4, -0.2) is 27.5 Å². The summed E-state index contributed by atoms with van der Waals surface area (Å²) in [5.74, 6) is 0.878. The molecule has 6 heteroatoms. The standard InChI is InChI=1S/C16H21N3O2S/c1-4-12-15(22-11(3)17-12)16(20)19-8-6-5-7-14(19)13-9-10(2)21-18-13/h9,14H,4-8H2,1-3H3. The largest absolute Gasteiger partial charge is 0.361 e. The minimum Gasteiger partial charge on any atom is -0.361 e. The topological polar surface area (TPSA) is 59.2 Å². The third-order valence-electron chi connectivity index (χ3n) is 4.08. The zero-order valence-electron chi connectivity index (χ0n) is 13.3. The normalized spacial score (nSPS) is 18.7. The van der Waals surface area contributed by atoms with Crippen LogP contribution in [0, 0.1) is 13.8 Å². The molecule has 2 aromatic rings. The van der Waals surface area contributed by atoms with E-state index in [9.17, 15) is 4.79 Å². The molecule has 118 valence electrons. The highest BCUT2D eigenvalue weighted by Crippen LogP contribution is 2.33. The number of carbonyl (C=O) groups is 1. The van der Waals surface area contributed by atoms with Crippen LogP contribution < -0.4 is 0 Å². The third-order valence-corrected chi connectivity index (χ3v) is 5.09. The number of rotatable bonds is 3. The monoisotopic (exact) mass is 319 g/mol. The van der Waals surface area contributed by atoms with Crippen LogP contribution in [0.4, 0.5) is 0 Å². The van der Waals surface area contributed by atoms with Gasteiger partial charge in [-0.15, -0.1) is 11.3 Å². The summed E-state index contributed by atoms with van der Waals surface area (Å²) in [6.07, 6.45) is 3.88. The smallest absolute Gasteiger partial charge is 0.266 e. The highest BCUT2D eigenvalue weighted by Gasteiger charge is 2.32. The number of likely N-dealkylation sites (tertiary alicyclic amines) is 1. The molecule has 0 radical (unpaired) electrons. The second-order valence-electron chi connectivity index (χ2n) is 5.73. The zero-order valence-corrected chi connectivity index (χ0v) is 14.1. The number of carbonyl (C=O) groups excluding carboxylic acids is 1. The van der Waals surface area contributed by atoms with E-state index in [-0.39, 0.29) is 11.9 Å². The summed E-state index contributed by atoms with van der Waals surface area (Å²) in [7, 11) is 0. The van der Waals surface area contributed by atoms with Gasteiger partial charge in [0.05, 0.1) is 16.7 Å². The average Bonchev–Trinajstić information content (AvgIpc) is 3.12. The Labute approximate surface area is 134 Å². The van der Waals surface area contributed by atoms with E-state index in [0.717, 1.165) is 59.3 Å². The Balaban J connectivity index is 1.91. The summed E-state index contributed by atoms with van der Waals surface area (Å²) < 4.78 is 5.20. The minimum atomic E-state index is 0.0193. The van der Waals surface area contributed by atoms with Crippen LogP contribution in [0.1, 0.15) is 64.1 Å². The fourth-order valence-corrected chi connectivity index (χ4v) is 4.00. The van der Waals surface area contributed by atoms with Gasteiger partial charge in [0.2, 0.25) is 0 Å². The summed E-state index contributed by atoms with van der Waals surface area (Å²) in [5.41, 5.74) is 1.78. The molecule has 22 heavy (non-hydrogen) atoms. The van der Waals surface area contributed by atoms with Gasteiger partial charge >= 0.3 is 0 Å². The van der Waals surface area contributed by atoms with Crippen molar-refractivity contribution in [1.29, 1.82) is 0 Å². The van der Waals surface area contributed by atoms with Crippen molar-refractivity contribution in [2.75, 3.05) is 6.54 Å². The van der Waals surface area contributed by atoms with Gasteiger partial charge in [-0.05, 0) is 39.5 Å². The molecule has 1 saturated heterocycles. The van der Waals surface area contributed by atoms with Crippen LogP contribution in [0.3, 0.4) is 0 Å². The Morgan fingerprint density at radius 3 is 2.95 bits per heavy atom. The molecular formula is C16H21N3O2S. The molecule has 3 rings (SSSR count). The molecule has 0 aromatic carbocycles. The Morgan fingerprint density at radius 2 is 2.27 bits per heavy atom. The van der Waals surface area contributed by atoms with Crippen LogP contribution in [0.25, 0.3) is 0 Å². The van der Waals surface area contributed by atoms with Gasteiger partial charge in [0.15, 0.2) is 0 Å². The summed E-state index contributed by atoms with van der Waals surface area (Å²) in [6.45, 7) is 6.65. The van der Waals surface area contributed by atoms with E-state index in [4.69, 9.17) is 4.52 Å². The Kier molecular flexibility index (Phi) is 4.29. The molecule has 5 nitrogen and oxygen atoms in total.